The molecule has 1 radical (unpaired) electrons. The molecule has 1 aromatic carbocycles. The Kier molecular flexibility index (Phi) is 4.87. The van der Waals surface area contributed by atoms with Crippen molar-refractivity contribution in [1.82, 2.24) is 0 Å². The summed E-state index contributed by atoms with van der Waals surface area (Å²) in [6, 6.07) is 7.86. The Morgan fingerprint density at radius 2 is 2.15 bits per heavy atom. The van der Waals surface area contributed by atoms with Gasteiger partial charge in [-0.25, -0.2) is 0 Å². The standard InChI is InChI=1S/C11H14ClO/c1-2-7-13-8-6-10-4-3-5-11(12)9-10/h3-5,9H,1-2,6-8H2. The first-order valence-corrected chi connectivity index (χ1v) is 4.82. The fourth-order valence-corrected chi connectivity index (χ4v) is 1.30. The molecule has 1 nitrogen and oxygen atoms in total. The Morgan fingerprint density at radius 3 is 2.85 bits per heavy atom. The average molecular weight is 198 g/mol. The molecule has 0 amide bonds. The van der Waals surface area contributed by atoms with Crippen LogP contribution in [-0.2, 0) is 11.2 Å². The molecule has 0 N–H and O–H groups in total. The van der Waals surface area contributed by atoms with E-state index in [1.165, 1.54) is 5.56 Å². The van der Waals surface area contributed by atoms with Gasteiger partial charge in [0.15, 0.2) is 0 Å². The summed E-state index contributed by atoms with van der Waals surface area (Å²) in [7, 11) is 0. The lowest BCUT2D eigenvalue weighted by molar-refractivity contribution is 0.141. The van der Waals surface area contributed by atoms with Crippen molar-refractivity contribution >= 4 is 11.6 Å². The fraction of sp³-hybridized carbons (Fsp3) is 0.364. The van der Waals surface area contributed by atoms with Gasteiger partial charge >= 0.3 is 0 Å². The third-order valence-electron chi connectivity index (χ3n) is 1.71. The van der Waals surface area contributed by atoms with Crippen LogP contribution in [0.15, 0.2) is 24.3 Å². The van der Waals surface area contributed by atoms with Crippen LogP contribution >= 0.6 is 11.6 Å². The van der Waals surface area contributed by atoms with Gasteiger partial charge in [0, 0.05) is 11.6 Å². The van der Waals surface area contributed by atoms with E-state index in [4.69, 9.17) is 16.3 Å². The largest absolute Gasteiger partial charge is 0.381 e. The van der Waals surface area contributed by atoms with Crippen molar-refractivity contribution < 1.29 is 4.74 Å². The fourth-order valence-electron chi connectivity index (χ4n) is 1.09. The van der Waals surface area contributed by atoms with Gasteiger partial charge in [-0.1, -0.05) is 30.7 Å². The minimum Gasteiger partial charge on any atom is -0.381 e. The van der Waals surface area contributed by atoms with Crippen LogP contribution in [0.1, 0.15) is 12.0 Å². The molecular formula is C11H14ClO. The van der Waals surface area contributed by atoms with E-state index in [2.05, 4.69) is 13.0 Å². The second-order valence-corrected chi connectivity index (χ2v) is 3.28. The topological polar surface area (TPSA) is 9.23 Å². The maximum absolute atomic E-state index is 5.83. The lowest BCUT2D eigenvalue weighted by Crippen LogP contribution is -1.99. The second kappa shape index (κ2) is 6.01. The molecule has 1 aromatic rings. The van der Waals surface area contributed by atoms with E-state index in [0.717, 1.165) is 31.1 Å². The van der Waals surface area contributed by atoms with Gasteiger partial charge in [-0.15, -0.1) is 0 Å². The third kappa shape index (κ3) is 4.30. The van der Waals surface area contributed by atoms with Gasteiger partial charge in [-0.3, -0.25) is 0 Å². The second-order valence-electron chi connectivity index (χ2n) is 2.85. The Bertz CT molecular complexity index is 248. The van der Waals surface area contributed by atoms with Crippen LogP contribution in [-0.4, -0.2) is 13.2 Å². The summed E-state index contributed by atoms with van der Waals surface area (Å²) in [4.78, 5) is 0. The SMILES string of the molecule is [CH2]CCOCCc1cccc(Cl)c1. The van der Waals surface area contributed by atoms with Crippen LogP contribution < -0.4 is 0 Å². The summed E-state index contributed by atoms with van der Waals surface area (Å²) in [6.07, 6.45) is 1.75. The van der Waals surface area contributed by atoms with E-state index in [1.54, 1.807) is 0 Å². The van der Waals surface area contributed by atoms with Gasteiger partial charge in [-0.05, 0) is 30.5 Å². The molecular weight excluding hydrogens is 184 g/mol. The highest BCUT2D eigenvalue weighted by atomic mass is 35.5. The monoisotopic (exact) mass is 197 g/mol. The van der Waals surface area contributed by atoms with Crippen molar-refractivity contribution in [3.63, 3.8) is 0 Å². The van der Waals surface area contributed by atoms with E-state index in [1.807, 2.05) is 18.2 Å². The van der Waals surface area contributed by atoms with Crippen LogP contribution in [0.3, 0.4) is 0 Å². The number of hydrogen-bond donors (Lipinski definition) is 0. The Balaban J connectivity index is 2.28. The Hall–Kier alpha value is -0.530. The van der Waals surface area contributed by atoms with Crippen molar-refractivity contribution in [2.24, 2.45) is 0 Å². The molecule has 0 fully saturated rings. The molecule has 0 saturated carbocycles. The summed E-state index contributed by atoms with van der Waals surface area (Å²) < 4.78 is 5.32. The van der Waals surface area contributed by atoms with E-state index in [-0.39, 0.29) is 0 Å². The number of rotatable bonds is 5. The summed E-state index contributed by atoms with van der Waals surface area (Å²) in [5, 5.41) is 0.787. The van der Waals surface area contributed by atoms with Gasteiger partial charge in [0.05, 0.1) is 6.61 Å². The van der Waals surface area contributed by atoms with E-state index >= 15 is 0 Å². The molecule has 0 atom stereocenters. The zero-order valence-corrected chi connectivity index (χ0v) is 8.39. The molecule has 0 unspecified atom stereocenters. The normalized spacial score (nSPS) is 10.3. The molecule has 0 saturated heterocycles. The summed E-state index contributed by atoms with van der Waals surface area (Å²) in [5.74, 6) is 0. The highest BCUT2D eigenvalue weighted by Crippen LogP contribution is 2.10. The predicted octanol–water partition coefficient (Wildman–Crippen LogP) is 3.12. The Morgan fingerprint density at radius 1 is 1.31 bits per heavy atom. The van der Waals surface area contributed by atoms with Gasteiger partial charge in [-0.2, -0.15) is 0 Å². The van der Waals surface area contributed by atoms with Crippen molar-refractivity contribution in [1.29, 1.82) is 0 Å². The average Bonchev–Trinajstić information content (AvgIpc) is 2.13. The zero-order chi connectivity index (χ0) is 9.52. The van der Waals surface area contributed by atoms with Gasteiger partial charge in [0.2, 0.25) is 0 Å². The summed E-state index contributed by atoms with van der Waals surface area (Å²) >= 11 is 5.83. The van der Waals surface area contributed by atoms with Gasteiger partial charge in [0.1, 0.15) is 0 Å². The highest BCUT2D eigenvalue weighted by Gasteiger charge is 1.93. The Labute approximate surface area is 84.7 Å². The van der Waals surface area contributed by atoms with Gasteiger partial charge in [0.25, 0.3) is 0 Å². The molecule has 1 rings (SSSR count). The van der Waals surface area contributed by atoms with Crippen LogP contribution in [0, 0.1) is 6.92 Å². The lowest BCUT2D eigenvalue weighted by Gasteiger charge is -2.02. The molecule has 0 aliphatic carbocycles. The van der Waals surface area contributed by atoms with Crippen molar-refractivity contribution in [2.75, 3.05) is 13.2 Å². The molecule has 0 spiro atoms. The molecule has 13 heavy (non-hydrogen) atoms. The molecule has 0 bridgehead atoms. The molecule has 0 heterocycles. The maximum atomic E-state index is 5.83. The number of halogens is 1. The number of benzene rings is 1. The smallest absolute Gasteiger partial charge is 0.0506 e. The van der Waals surface area contributed by atoms with Crippen LogP contribution in [0.4, 0.5) is 0 Å². The minimum absolute atomic E-state index is 0.737. The van der Waals surface area contributed by atoms with E-state index < -0.39 is 0 Å². The zero-order valence-electron chi connectivity index (χ0n) is 7.63. The van der Waals surface area contributed by atoms with Crippen molar-refractivity contribution in [3.05, 3.63) is 41.8 Å². The maximum Gasteiger partial charge on any atom is 0.0506 e. The predicted molar refractivity (Wildman–Crippen MR) is 55.9 cm³/mol. The molecule has 2 heteroatoms. The molecule has 71 valence electrons. The first kappa shape index (κ1) is 10.6. The van der Waals surface area contributed by atoms with Crippen LogP contribution in [0.2, 0.25) is 5.02 Å². The van der Waals surface area contributed by atoms with Crippen molar-refractivity contribution in [3.8, 4) is 0 Å². The summed E-state index contributed by atoms with van der Waals surface area (Å²) in [6.45, 7) is 5.18. The number of hydrogen-bond acceptors (Lipinski definition) is 1. The molecule has 0 aliphatic heterocycles. The van der Waals surface area contributed by atoms with Crippen LogP contribution in [0.5, 0.6) is 0 Å². The first-order chi connectivity index (χ1) is 6.33. The number of ether oxygens (including phenoxy) is 1. The molecule has 0 aliphatic rings. The highest BCUT2D eigenvalue weighted by molar-refractivity contribution is 6.30. The van der Waals surface area contributed by atoms with E-state index in [9.17, 15) is 0 Å². The quantitative estimate of drug-likeness (QED) is 0.660. The minimum atomic E-state index is 0.737. The van der Waals surface area contributed by atoms with E-state index in [0.29, 0.717) is 0 Å². The third-order valence-corrected chi connectivity index (χ3v) is 1.95. The first-order valence-electron chi connectivity index (χ1n) is 4.44. The summed E-state index contributed by atoms with van der Waals surface area (Å²) in [5.41, 5.74) is 1.22. The lowest BCUT2D eigenvalue weighted by atomic mass is 10.2. The molecule has 0 aromatic heterocycles. The van der Waals surface area contributed by atoms with Gasteiger partial charge < -0.3 is 4.74 Å². The van der Waals surface area contributed by atoms with Crippen LogP contribution in [0.25, 0.3) is 0 Å². The van der Waals surface area contributed by atoms with Crippen molar-refractivity contribution in [2.45, 2.75) is 12.8 Å².